The molecule has 0 aromatic heterocycles. The first-order chi connectivity index (χ1) is 5.09. The molecule has 0 aliphatic heterocycles. The van der Waals surface area contributed by atoms with Gasteiger partial charge < -0.3 is 10.0 Å². The van der Waals surface area contributed by atoms with Crippen molar-refractivity contribution >= 4 is 7.12 Å². The summed E-state index contributed by atoms with van der Waals surface area (Å²) in [7, 11) is -1.80. The lowest BCUT2D eigenvalue weighted by Gasteiger charge is -1.99. The highest BCUT2D eigenvalue weighted by molar-refractivity contribution is 6.52. The Morgan fingerprint density at radius 2 is 2.09 bits per heavy atom. The maximum Gasteiger partial charge on any atom is 0.491 e. The number of hydrogen-bond donors (Lipinski definition) is 2. The lowest BCUT2D eigenvalue weighted by atomic mass is 9.78. The normalized spacial score (nSPS) is 12.2. The van der Waals surface area contributed by atoms with Crippen LogP contribution < -0.4 is 0 Å². The summed E-state index contributed by atoms with van der Waals surface area (Å²) in [5.74, 6) is -0.835. The molecule has 0 spiro atoms. The van der Waals surface area contributed by atoms with Crippen molar-refractivity contribution in [2.24, 2.45) is 0 Å². The van der Waals surface area contributed by atoms with Crippen LogP contribution in [0.4, 0.5) is 4.39 Å². The van der Waals surface area contributed by atoms with Gasteiger partial charge in [0.15, 0.2) is 0 Å². The van der Waals surface area contributed by atoms with Crippen LogP contribution in [0.1, 0.15) is 6.92 Å². The van der Waals surface area contributed by atoms with Gasteiger partial charge in [0.25, 0.3) is 0 Å². The van der Waals surface area contributed by atoms with Gasteiger partial charge in [-0.2, -0.15) is 0 Å². The molecule has 2 nitrogen and oxygen atoms in total. The smallest absolute Gasteiger partial charge is 0.423 e. The fourth-order valence-electron chi connectivity index (χ4n) is 0.516. The summed E-state index contributed by atoms with van der Waals surface area (Å²) in [6.07, 6.45) is 4.40. The van der Waals surface area contributed by atoms with Crippen molar-refractivity contribution < 1.29 is 14.4 Å². The zero-order chi connectivity index (χ0) is 8.85. The van der Waals surface area contributed by atoms with Gasteiger partial charge in [-0.1, -0.05) is 24.8 Å². The molecule has 0 aliphatic rings. The highest BCUT2D eigenvalue weighted by Gasteiger charge is 2.16. The van der Waals surface area contributed by atoms with E-state index in [0.717, 1.165) is 0 Å². The van der Waals surface area contributed by atoms with Crippen LogP contribution in [0.3, 0.4) is 0 Å². The Kier molecular flexibility index (Phi) is 4.49. The van der Waals surface area contributed by atoms with E-state index in [9.17, 15) is 4.39 Å². The molecule has 0 aliphatic carbocycles. The monoisotopic (exact) mass is 156 g/mol. The van der Waals surface area contributed by atoms with Crippen molar-refractivity contribution in [2.75, 3.05) is 0 Å². The molecule has 2 N–H and O–H groups in total. The highest BCUT2D eigenvalue weighted by Crippen LogP contribution is 2.09. The van der Waals surface area contributed by atoms with E-state index in [1.54, 1.807) is 13.0 Å². The number of rotatable bonds is 3. The molecule has 0 aromatic rings. The van der Waals surface area contributed by atoms with Crippen LogP contribution in [0.2, 0.25) is 0 Å². The van der Waals surface area contributed by atoms with E-state index in [-0.39, 0.29) is 5.47 Å². The Hall–Kier alpha value is -0.865. The lowest BCUT2D eigenvalue weighted by Crippen LogP contribution is -2.15. The van der Waals surface area contributed by atoms with Gasteiger partial charge in [-0.25, -0.2) is 4.39 Å². The Balaban J connectivity index is 4.46. The largest absolute Gasteiger partial charge is 0.491 e. The maximum absolute atomic E-state index is 12.3. The Bertz CT molecular complexity index is 197. The topological polar surface area (TPSA) is 40.5 Å². The number of halogens is 1. The number of allylic oxidation sites excluding steroid dienone is 5. The first kappa shape index (κ1) is 10.1. The van der Waals surface area contributed by atoms with Gasteiger partial charge in [0.2, 0.25) is 0 Å². The number of hydrogen-bond acceptors (Lipinski definition) is 2. The Morgan fingerprint density at radius 1 is 1.55 bits per heavy atom. The predicted molar refractivity (Wildman–Crippen MR) is 43.3 cm³/mol. The second-order valence-corrected chi connectivity index (χ2v) is 1.93. The zero-order valence-electron chi connectivity index (χ0n) is 6.29. The van der Waals surface area contributed by atoms with Crippen LogP contribution >= 0.6 is 0 Å². The maximum atomic E-state index is 12.3. The van der Waals surface area contributed by atoms with Crippen LogP contribution in [0.25, 0.3) is 0 Å². The molecule has 0 bridgehead atoms. The fraction of sp³-hybridized carbons (Fsp3) is 0.143. The summed E-state index contributed by atoms with van der Waals surface area (Å²) in [6.45, 7) is 4.68. The molecule has 0 aromatic carbocycles. The van der Waals surface area contributed by atoms with Crippen molar-refractivity contribution in [3.63, 3.8) is 0 Å². The van der Waals surface area contributed by atoms with Crippen LogP contribution in [0.5, 0.6) is 0 Å². The summed E-state index contributed by atoms with van der Waals surface area (Å²) in [5.41, 5.74) is -0.219. The molecule has 0 atom stereocenters. The minimum atomic E-state index is -1.80. The van der Waals surface area contributed by atoms with Crippen molar-refractivity contribution in [3.05, 3.63) is 36.1 Å². The molecule has 0 amide bonds. The van der Waals surface area contributed by atoms with E-state index < -0.39 is 12.9 Å². The minimum absolute atomic E-state index is 0.219. The predicted octanol–water partition coefficient (Wildman–Crippen LogP) is 0.984. The zero-order valence-corrected chi connectivity index (χ0v) is 6.29. The second kappa shape index (κ2) is 4.88. The summed E-state index contributed by atoms with van der Waals surface area (Å²) in [5, 5.41) is 17.1. The third kappa shape index (κ3) is 3.75. The summed E-state index contributed by atoms with van der Waals surface area (Å²) in [6, 6.07) is 0. The third-order valence-electron chi connectivity index (χ3n) is 1.06. The van der Waals surface area contributed by atoms with Gasteiger partial charge in [0.05, 0.1) is 0 Å². The first-order valence-electron chi connectivity index (χ1n) is 3.13. The van der Waals surface area contributed by atoms with E-state index in [0.29, 0.717) is 0 Å². The molecule has 0 heterocycles. The average Bonchev–Trinajstić information content (AvgIpc) is 1.87. The standard InChI is InChI=1S/C7H10BFO2/c1-3-4-5-7(6(2)9)8(10)11/h3-5,10-11H,2H2,1H3/b4-3-,7-5+. The molecule has 0 saturated heterocycles. The van der Waals surface area contributed by atoms with Gasteiger partial charge >= 0.3 is 7.12 Å². The van der Waals surface area contributed by atoms with E-state index in [4.69, 9.17) is 10.0 Å². The van der Waals surface area contributed by atoms with E-state index in [1.807, 2.05) is 0 Å². The second-order valence-electron chi connectivity index (χ2n) is 1.93. The van der Waals surface area contributed by atoms with Gasteiger partial charge in [0.1, 0.15) is 5.83 Å². The summed E-state index contributed by atoms with van der Waals surface area (Å²) in [4.78, 5) is 0. The van der Waals surface area contributed by atoms with Crippen LogP contribution in [-0.2, 0) is 0 Å². The molecule has 0 radical (unpaired) electrons. The quantitative estimate of drug-likeness (QED) is 0.472. The third-order valence-corrected chi connectivity index (χ3v) is 1.06. The molecule has 0 unspecified atom stereocenters. The highest BCUT2D eigenvalue weighted by atomic mass is 19.1. The van der Waals surface area contributed by atoms with Gasteiger partial charge in [-0.05, 0) is 6.92 Å². The molecule has 0 rings (SSSR count). The summed E-state index contributed by atoms with van der Waals surface area (Å²) < 4.78 is 12.3. The van der Waals surface area contributed by atoms with E-state index in [1.165, 1.54) is 12.2 Å². The van der Waals surface area contributed by atoms with Gasteiger partial charge in [-0.3, -0.25) is 0 Å². The Labute approximate surface area is 65.5 Å². The van der Waals surface area contributed by atoms with Crippen molar-refractivity contribution in [1.82, 2.24) is 0 Å². The van der Waals surface area contributed by atoms with Crippen molar-refractivity contribution in [3.8, 4) is 0 Å². The minimum Gasteiger partial charge on any atom is -0.423 e. The van der Waals surface area contributed by atoms with Crippen LogP contribution in [0, 0.1) is 0 Å². The van der Waals surface area contributed by atoms with E-state index >= 15 is 0 Å². The van der Waals surface area contributed by atoms with E-state index in [2.05, 4.69) is 6.58 Å². The van der Waals surface area contributed by atoms with Crippen LogP contribution in [-0.4, -0.2) is 17.2 Å². The molecule has 11 heavy (non-hydrogen) atoms. The fourth-order valence-corrected chi connectivity index (χ4v) is 0.516. The van der Waals surface area contributed by atoms with Crippen molar-refractivity contribution in [2.45, 2.75) is 6.92 Å². The van der Waals surface area contributed by atoms with Crippen LogP contribution in [0.15, 0.2) is 36.1 Å². The molecular formula is C7H10BFO2. The average molecular weight is 156 g/mol. The van der Waals surface area contributed by atoms with Gasteiger partial charge in [0, 0.05) is 5.47 Å². The molecule has 60 valence electrons. The molecule has 0 fully saturated rings. The SMILES string of the molecule is C=C(F)/C(=C\C=C/C)B(O)O. The molecular weight excluding hydrogens is 146 g/mol. The summed E-state index contributed by atoms with van der Waals surface area (Å²) >= 11 is 0. The Morgan fingerprint density at radius 3 is 2.36 bits per heavy atom. The molecule has 0 saturated carbocycles. The molecule has 4 heteroatoms. The van der Waals surface area contributed by atoms with Crippen molar-refractivity contribution in [1.29, 1.82) is 0 Å². The van der Waals surface area contributed by atoms with Gasteiger partial charge in [-0.15, -0.1) is 0 Å². The first-order valence-corrected chi connectivity index (χ1v) is 3.13. The lowest BCUT2D eigenvalue weighted by molar-refractivity contribution is 0.416.